The van der Waals surface area contributed by atoms with Crippen molar-refractivity contribution >= 4 is 34.1 Å². The van der Waals surface area contributed by atoms with E-state index < -0.39 is 6.10 Å². The zero-order valence-corrected chi connectivity index (χ0v) is 15.4. The predicted molar refractivity (Wildman–Crippen MR) is 95.6 cm³/mol. The van der Waals surface area contributed by atoms with Gasteiger partial charge in [0.15, 0.2) is 10.4 Å². The lowest BCUT2D eigenvalue weighted by atomic mass is 10.1. The van der Waals surface area contributed by atoms with Gasteiger partial charge in [-0.3, -0.25) is 10.1 Å². The summed E-state index contributed by atoms with van der Waals surface area (Å²) in [5.74, 6) is 1.49. The number of ether oxygens (including phenoxy) is 1. The first kappa shape index (κ1) is 17.7. The van der Waals surface area contributed by atoms with Crippen LogP contribution in [0.1, 0.15) is 31.4 Å². The molecule has 5 nitrogen and oxygen atoms in total. The smallest absolute Gasteiger partial charge is 0.266 e. The molecule has 0 aliphatic heterocycles. The van der Waals surface area contributed by atoms with Crippen molar-refractivity contribution in [3.63, 3.8) is 0 Å². The second-order valence-electron chi connectivity index (χ2n) is 5.24. The summed E-state index contributed by atoms with van der Waals surface area (Å²) < 4.78 is 6.64. The van der Waals surface area contributed by atoms with Crippen molar-refractivity contribution in [1.82, 2.24) is 10.2 Å². The molecule has 0 aliphatic rings. The zero-order chi connectivity index (χ0) is 16.8. The van der Waals surface area contributed by atoms with Crippen LogP contribution in [-0.2, 0) is 4.79 Å². The van der Waals surface area contributed by atoms with Crippen LogP contribution in [0.2, 0.25) is 0 Å². The van der Waals surface area contributed by atoms with Crippen molar-refractivity contribution in [2.75, 3.05) is 11.1 Å². The van der Waals surface area contributed by atoms with E-state index in [1.807, 2.05) is 32.0 Å². The van der Waals surface area contributed by atoms with E-state index in [-0.39, 0.29) is 5.91 Å². The molecule has 0 saturated carbocycles. The van der Waals surface area contributed by atoms with Gasteiger partial charge in [-0.2, -0.15) is 0 Å². The minimum atomic E-state index is -0.605. The van der Waals surface area contributed by atoms with E-state index in [4.69, 9.17) is 4.74 Å². The van der Waals surface area contributed by atoms with Crippen molar-refractivity contribution in [3.05, 3.63) is 29.3 Å². The second kappa shape index (κ2) is 8.31. The van der Waals surface area contributed by atoms with E-state index >= 15 is 0 Å². The van der Waals surface area contributed by atoms with Gasteiger partial charge in [0.05, 0.1) is 0 Å². The third-order valence-corrected chi connectivity index (χ3v) is 5.26. The Morgan fingerprint density at radius 3 is 2.91 bits per heavy atom. The molecule has 23 heavy (non-hydrogen) atoms. The SMILES string of the molecule is CCCSc1nnc(NC(=O)[C@@H](C)Oc2cc(C)ccc2C)s1. The Hall–Kier alpha value is -1.60. The average Bonchev–Trinajstić information content (AvgIpc) is 2.96. The van der Waals surface area contributed by atoms with Crippen LogP contribution in [0.4, 0.5) is 5.13 Å². The van der Waals surface area contributed by atoms with Gasteiger partial charge in [0.1, 0.15) is 5.75 Å². The van der Waals surface area contributed by atoms with Crippen LogP contribution < -0.4 is 10.1 Å². The summed E-state index contributed by atoms with van der Waals surface area (Å²) in [5, 5.41) is 11.3. The number of carbonyl (C=O) groups excluding carboxylic acids is 1. The largest absolute Gasteiger partial charge is 0.481 e. The number of anilines is 1. The fraction of sp³-hybridized carbons (Fsp3) is 0.438. The summed E-state index contributed by atoms with van der Waals surface area (Å²) in [6.45, 7) is 7.79. The fourth-order valence-electron chi connectivity index (χ4n) is 1.79. The van der Waals surface area contributed by atoms with Crippen LogP contribution in [0, 0.1) is 13.8 Å². The minimum Gasteiger partial charge on any atom is -0.481 e. The summed E-state index contributed by atoms with van der Waals surface area (Å²) in [5.41, 5.74) is 2.10. The highest BCUT2D eigenvalue weighted by atomic mass is 32.2. The van der Waals surface area contributed by atoms with Gasteiger partial charge >= 0.3 is 0 Å². The molecule has 1 atom stereocenters. The molecule has 2 rings (SSSR count). The van der Waals surface area contributed by atoms with Gasteiger partial charge in [0.2, 0.25) is 5.13 Å². The minimum absolute atomic E-state index is 0.228. The molecule has 0 bridgehead atoms. The van der Waals surface area contributed by atoms with Gasteiger partial charge in [-0.1, -0.05) is 42.2 Å². The van der Waals surface area contributed by atoms with Crippen molar-refractivity contribution < 1.29 is 9.53 Å². The average molecular weight is 351 g/mol. The maximum atomic E-state index is 12.2. The Morgan fingerprint density at radius 2 is 2.17 bits per heavy atom. The normalized spacial score (nSPS) is 12.0. The summed E-state index contributed by atoms with van der Waals surface area (Å²) in [7, 11) is 0. The molecule has 124 valence electrons. The Labute approximate surface area is 144 Å². The monoisotopic (exact) mass is 351 g/mol. The molecule has 1 amide bonds. The number of aryl methyl sites for hydroxylation is 2. The van der Waals surface area contributed by atoms with Crippen molar-refractivity contribution in [3.8, 4) is 5.75 Å². The van der Waals surface area contributed by atoms with Crippen molar-refractivity contribution in [1.29, 1.82) is 0 Å². The molecule has 1 N–H and O–H groups in total. The summed E-state index contributed by atoms with van der Waals surface area (Å²) in [6.07, 6.45) is 0.471. The van der Waals surface area contributed by atoms with E-state index in [0.717, 1.165) is 33.4 Å². The molecule has 0 spiro atoms. The molecule has 1 heterocycles. The maximum absolute atomic E-state index is 12.2. The number of amides is 1. The maximum Gasteiger partial charge on any atom is 0.266 e. The highest BCUT2D eigenvalue weighted by molar-refractivity contribution is 8.01. The number of nitrogens with zero attached hydrogens (tertiary/aromatic N) is 2. The van der Waals surface area contributed by atoms with Crippen LogP contribution in [-0.4, -0.2) is 28.0 Å². The number of nitrogens with one attached hydrogen (secondary N) is 1. The molecular formula is C16H21N3O2S2. The number of rotatable bonds is 7. The van der Waals surface area contributed by atoms with Gasteiger partial charge in [0, 0.05) is 5.75 Å². The highest BCUT2D eigenvalue weighted by Gasteiger charge is 2.18. The van der Waals surface area contributed by atoms with Gasteiger partial charge < -0.3 is 4.74 Å². The van der Waals surface area contributed by atoms with Crippen LogP contribution in [0.5, 0.6) is 5.75 Å². The number of benzene rings is 1. The van der Waals surface area contributed by atoms with E-state index in [1.165, 1.54) is 11.3 Å². The summed E-state index contributed by atoms with van der Waals surface area (Å²) in [6, 6.07) is 5.94. The lowest BCUT2D eigenvalue weighted by Gasteiger charge is -2.15. The molecule has 1 aromatic carbocycles. The van der Waals surface area contributed by atoms with Gasteiger partial charge in [0.25, 0.3) is 5.91 Å². The third kappa shape index (κ3) is 5.21. The Balaban J connectivity index is 1.94. The van der Waals surface area contributed by atoms with E-state index in [9.17, 15) is 4.79 Å². The number of hydrogen-bond donors (Lipinski definition) is 1. The molecule has 0 radical (unpaired) electrons. The van der Waals surface area contributed by atoms with E-state index in [0.29, 0.717) is 5.13 Å². The molecule has 0 aliphatic carbocycles. The van der Waals surface area contributed by atoms with Gasteiger partial charge in [-0.05, 0) is 44.4 Å². The van der Waals surface area contributed by atoms with Gasteiger partial charge in [-0.15, -0.1) is 10.2 Å². The van der Waals surface area contributed by atoms with Crippen LogP contribution in [0.25, 0.3) is 0 Å². The van der Waals surface area contributed by atoms with Crippen LogP contribution in [0.3, 0.4) is 0 Å². The van der Waals surface area contributed by atoms with E-state index in [2.05, 4.69) is 22.4 Å². The summed E-state index contributed by atoms with van der Waals surface area (Å²) in [4.78, 5) is 12.2. The zero-order valence-electron chi connectivity index (χ0n) is 13.8. The van der Waals surface area contributed by atoms with Gasteiger partial charge in [-0.25, -0.2) is 0 Å². The standard InChI is InChI=1S/C16H21N3O2S2/c1-5-8-22-16-19-18-15(23-16)17-14(20)12(4)21-13-9-10(2)6-7-11(13)3/h6-7,9,12H,5,8H2,1-4H3,(H,17,18,20)/t12-/m1/s1. The molecule has 0 saturated heterocycles. The summed E-state index contributed by atoms with van der Waals surface area (Å²) >= 11 is 3.03. The quantitative estimate of drug-likeness (QED) is 0.602. The van der Waals surface area contributed by atoms with Crippen LogP contribution in [0.15, 0.2) is 22.5 Å². The molecule has 7 heteroatoms. The first-order chi connectivity index (χ1) is 11.0. The molecule has 0 fully saturated rings. The Kier molecular flexibility index (Phi) is 6.41. The topological polar surface area (TPSA) is 64.1 Å². The fourth-order valence-corrected chi connectivity index (χ4v) is 3.47. The molecule has 1 aromatic heterocycles. The number of thioether (sulfide) groups is 1. The molecule has 2 aromatic rings. The Morgan fingerprint density at radius 1 is 1.39 bits per heavy atom. The highest BCUT2D eigenvalue weighted by Crippen LogP contribution is 2.26. The lowest BCUT2D eigenvalue weighted by Crippen LogP contribution is -2.30. The number of aromatic nitrogens is 2. The first-order valence-corrected chi connectivity index (χ1v) is 9.31. The van der Waals surface area contributed by atoms with E-state index in [1.54, 1.807) is 18.7 Å². The third-order valence-electron chi connectivity index (χ3n) is 3.08. The number of carbonyl (C=O) groups is 1. The lowest BCUT2D eigenvalue weighted by molar-refractivity contribution is -0.122. The number of hydrogen-bond acceptors (Lipinski definition) is 6. The second-order valence-corrected chi connectivity index (χ2v) is 7.56. The van der Waals surface area contributed by atoms with Crippen molar-refractivity contribution in [2.24, 2.45) is 0 Å². The molecule has 0 unspecified atom stereocenters. The Bertz CT molecular complexity index is 673. The van der Waals surface area contributed by atoms with Crippen molar-refractivity contribution in [2.45, 2.75) is 44.6 Å². The molecular weight excluding hydrogens is 330 g/mol. The van der Waals surface area contributed by atoms with Crippen LogP contribution >= 0.6 is 23.1 Å². The first-order valence-electron chi connectivity index (χ1n) is 7.50. The predicted octanol–water partition coefficient (Wildman–Crippen LogP) is 4.06.